The first kappa shape index (κ1) is 20.1. The number of nitrogens with zero attached hydrogens (tertiary/aromatic N) is 3. The van der Waals surface area contributed by atoms with Gasteiger partial charge in [-0.3, -0.25) is 4.79 Å². The fraction of sp³-hybridized carbons (Fsp3) is 0.227. The van der Waals surface area contributed by atoms with E-state index in [-0.39, 0.29) is 5.91 Å². The first-order valence-electron chi connectivity index (χ1n) is 9.26. The highest BCUT2D eigenvalue weighted by Gasteiger charge is 2.18. The van der Waals surface area contributed by atoms with Gasteiger partial charge < -0.3 is 19.7 Å². The molecule has 1 N–H and O–H groups in total. The molecule has 29 heavy (non-hydrogen) atoms. The summed E-state index contributed by atoms with van der Waals surface area (Å²) in [6, 6.07) is 14.8. The van der Waals surface area contributed by atoms with Crippen molar-refractivity contribution < 1.29 is 14.3 Å². The van der Waals surface area contributed by atoms with E-state index in [1.807, 2.05) is 38.1 Å². The molecular weight excluding hydrogens is 368 g/mol. The SMILES string of the molecule is CCN(C(=O)c1ccnc(Nc2cc(OC)ccc2OC)n1)c1cccc(C)c1. The molecule has 7 nitrogen and oxygen atoms in total. The third-order valence-electron chi connectivity index (χ3n) is 4.40. The monoisotopic (exact) mass is 392 g/mol. The van der Waals surface area contributed by atoms with E-state index in [4.69, 9.17) is 9.47 Å². The minimum Gasteiger partial charge on any atom is -0.497 e. The van der Waals surface area contributed by atoms with E-state index in [0.717, 1.165) is 11.3 Å². The van der Waals surface area contributed by atoms with Crippen molar-refractivity contribution >= 4 is 23.2 Å². The second kappa shape index (κ2) is 9.05. The number of methoxy groups -OCH3 is 2. The number of hydrogen-bond donors (Lipinski definition) is 1. The Balaban J connectivity index is 1.88. The van der Waals surface area contributed by atoms with Crippen molar-refractivity contribution in [3.8, 4) is 11.5 Å². The number of rotatable bonds is 7. The number of ether oxygens (including phenoxy) is 2. The lowest BCUT2D eigenvalue weighted by atomic mass is 10.2. The number of hydrogen-bond acceptors (Lipinski definition) is 6. The summed E-state index contributed by atoms with van der Waals surface area (Å²) in [6.07, 6.45) is 1.55. The molecule has 0 bridgehead atoms. The number of benzene rings is 2. The van der Waals surface area contributed by atoms with E-state index in [9.17, 15) is 4.79 Å². The number of carbonyl (C=O) groups excluding carboxylic acids is 1. The van der Waals surface area contributed by atoms with Crippen LogP contribution in [-0.4, -0.2) is 36.6 Å². The third-order valence-corrected chi connectivity index (χ3v) is 4.40. The Labute approximate surface area is 170 Å². The average Bonchev–Trinajstić information content (AvgIpc) is 2.74. The lowest BCUT2D eigenvalue weighted by Crippen LogP contribution is -2.31. The summed E-state index contributed by atoms with van der Waals surface area (Å²) in [5.74, 6) is 1.38. The topological polar surface area (TPSA) is 76.6 Å². The molecular formula is C22H24N4O3. The van der Waals surface area contributed by atoms with Crippen LogP contribution in [-0.2, 0) is 0 Å². The molecule has 0 unspecified atom stereocenters. The zero-order valence-corrected chi connectivity index (χ0v) is 17.0. The predicted molar refractivity (Wildman–Crippen MR) is 113 cm³/mol. The smallest absolute Gasteiger partial charge is 0.277 e. The van der Waals surface area contributed by atoms with Crippen LogP contribution in [0.3, 0.4) is 0 Å². The molecule has 0 aliphatic heterocycles. The Morgan fingerprint density at radius 1 is 1.10 bits per heavy atom. The molecule has 0 saturated carbocycles. The fourth-order valence-electron chi connectivity index (χ4n) is 2.95. The lowest BCUT2D eigenvalue weighted by Gasteiger charge is -2.21. The molecule has 0 atom stereocenters. The first-order chi connectivity index (χ1) is 14.0. The van der Waals surface area contributed by atoms with E-state index in [0.29, 0.717) is 35.4 Å². The van der Waals surface area contributed by atoms with Gasteiger partial charge in [-0.25, -0.2) is 9.97 Å². The van der Waals surface area contributed by atoms with Gasteiger partial charge in [0.05, 0.1) is 19.9 Å². The van der Waals surface area contributed by atoms with Crippen LogP contribution in [0.5, 0.6) is 11.5 Å². The molecule has 2 aromatic carbocycles. The van der Waals surface area contributed by atoms with Crippen LogP contribution in [0.15, 0.2) is 54.7 Å². The van der Waals surface area contributed by atoms with Crippen LogP contribution in [0.2, 0.25) is 0 Å². The van der Waals surface area contributed by atoms with Gasteiger partial charge in [0.1, 0.15) is 17.2 Å². The second-order valence-electron chi connectivity index (χ2n) is 6.35. The molecule has 0 aliphatic carbocycles. The molecule has 150 valence electrons. The molecule has 7 heteroatoms. The van der Waals surface area contributed by atoms with Gasteiger partial charge in [0, 0.05) is 24.5 Å². The molecule has 0 radical (unpaired) electrons. The van der Waals surface area contributed by atoms with Crippen molar-refractivity contribution in [3.63, 3.8) is 0 Å². The Morgan fingerprint density at radius 3 is 2.62 bits per heavy atom. The number of amides is 1. The first-order valence-corrected chi connectivity index (χ1v) is 9.26. The minimum atomic E-state index is -0.193. The van der Waals surface area contributed by atoms with E-state index in [1.54, 1.807) is 49.6 Å². The summed E-state index contributed by atoms with van der Waals surface area (Å²) in [6.45, 7) is 4.45. The number of anilines is 3. The minimum absolute atomic E-state index is 0.193. The van der Waals surface area contributed by atoms with Gasteiger partial charge in [0.15, 0.2) is 0 Å². The highest BCUT2D eigenvalue weighted by molar-refractivity contribution is 6.04. The van der Waals surface area contributed by atoms with Crippen molar-refractivity contribution in [3.05, 3.63) is 66.0 Å². The van der Waals surface area contributed by atoms with Crippen LogP contribution in [0, 0.1) is 6.92 Å². The maximum absolute atomic E-state index is 13.1. The molecule has 3 rings (SSSR count). The van der Waals surface area contributed by atoms with Crippen LogP contribution in [0.1, 0.15) is 23.0 Å². The Hall–Kier alpha value is -3.61. The largest absolute Gasteiger partial charge is 0.497 e. The quantitative estimate of drug-likeness (QED) is 0.649. The Bertz CT molecular complexity index is 1010. The molecule has 0 fully saturated rings. The number of nitrogens with one attached hydrogen (secondary N) is 1. The van der Waals surface area contributed by atoms with Gasteiger partial charge in [-0.15, -0.1) is 0 Å². The summed E-state index contributed by atoms with van der Waals surface area (Å²) in [7, 11) is 3.17. The zero-order valence-electron chi connectivity index (χ0n) is 17.0. The summed E-state index contributed by atoms with van der Waals surface area (Å²) in [5, 5.41) is 3.10. The van der Waals surface area contributed by atoms with Gasteiger partial charge in [0.25, 0.3) is 5.91 Å². The Morgan fingerprint density at radius 2 is 1.93 bits per heavy atom. The summed E-state index contributed by atoms with van der Waals surface area (Å²) in [5.41, 5.74) is 2.86. The molecule has 1 heterocycles. The lowest BCUT2D eigenvalue weighted by molar-refractivity contribution is 0.0983. The standard InChI is InChI=1S/C22H24N4O3/c1-5-26(16-8-6-7-15(2)13-16)21(27)18-11-12-23-22(24-18)25-19-14-17(28-3)9-10-20(19)29-4/h6-14H,5H2,1-4H3,(H,23,24,25). The average molecular weight is 392 g/mol. The highest BCUT2D eigenvalue weighted by atomic mass is 16.5. The van der Waals surface area contributed by atoms with Crippen molar-refractivity contribution in [2.75, 3.05) is 31.0 Å². The third kappa shape index (κ3) is 4.63. The van der Waals surface area contributed by atoms with Crippen LogP contribution >= 0.6 is 0 Å². The maximum Gasteiger partial charge on any atom is 0.277 e. The van der Waals surface area contributed by atoms with Crippen LogP contribution < -0.4 is 19.7 Å². The van der Waals surface area contributed by atoms with E-state index in [1.165, 1.54) is 0 Å². The van der Waals surface area contributed by atoms with Crippen LogP contribution in [0.4, 0.5) is 17.3 Å². The van der Waals surface area contributed by atoms with Crippen molar-refractivity contribution in [2.45, 2.75) is 13.8 Å². The van der Waals surface area contributed by atoms with Gasteiger partial charge in [-0.2, -0.15) is 0 Å². The molecule has 1 aromatic heterocycles. The summed E-state index contributed by atoms with van der Waals surface area (Å²) in [4.78, 5) is 23.4. The maximum atomic E-state index is 13.1. The predicted octanol–water partition coefficient (Wildman–Crippen LogP) is 4.21. The normalized spacial score (nSPS) is 10.3. The summed E-state index contributed by atoms with van der Waals surface area (Å²) >= 11 is 0. The highest BCUT2D eigenvalue weighted by Crippen LogP contribution is 2.30. The second-order valence-corrected chi connectivity index (χ2v) is 6.35. The van der Waals surface area contributed by atoms with Crippen LogP contribution in [0.25, 0.3) is 0 Å². The molecule has 0 aliphatic rings. The summed E-state index contributed by atoms with van der Waals surface area (Å²) < 4.78 is 10.6. The molecule has 3 aromatic rings. The number of aromatic nitrogens is 2. The number of aryl methyl sites for hydroxylation is 1. The number of carbonyl (C=O) groups is 1. The van der Waals surface area contributed by atoms with Gasteiger partial charge in [-0.05, 0) is 49.7 Å². The van der Waals surface area contributed by atoms with Crippen molar-refractivity contribution in [2.24, 2.45) is 0 Å². The van der Waals surface area contributed by atoms with Gasteiger partial charge >= 0.3 is 0 Å². The molecule has 1 amide bonds. The molecule has 0 spiro atoms. The van der Waals surface area contributed by atoms with Gasteiger partial charge in [-0.1, -0.05) is 12.1 Å². The zero-order chi connectivity index (χ0) is 20.8. The molecule has 0 saturated heterocycles. The van der Waals surface area contributed by atoms with E-state index >= 15 is 0 Å². The fourth-order valence-corrected chi connectivity index (χ4v) is 2.95. The van der Waals surface area contributed by atoms with Crippen molar-refractivity contribution in [1.29, 1.82) is 0 Å². The van der Waals surface area contributed by atoms with Gasteiger partial charge in [0.2, 0.25) is 5.95 Å². The Kier molecular flexibility index (Phi) is 6.29. The van der Waals surface area contributed by atoms with E-state index < -0.39 is 0 Å². The van der Waals surface area contributed by atoms with Crippen molar-refractivity contribution in [1.82, 2.24) is 9.97 Å². The van der Waals surface area contributed by atoms with E-state index in [2.05, 4.69) is 15.3 Å².